The van der Waals surface area contributed by atoms with Crippen molar-refractivity contribution in [2.75, 3.05) is 13.2 Å². The molecular weight excluding hydrogens is 142 g/mol. The van der Waals surface area contributed by atoms with Crippen molar-refractivity contribution < 1.29 is 9.57 Å². The minimum Gasteiger partial charge on any atom is -0.381 e. The van der Waals surface area contributed by atoms with Crippen LogP contribution in [-0.4, -0.2) is 24.9 Å². The van der Waals surface area contributed by atoms with E-state index in [9.17, 15) is 0 Å². The van der Waals surface area contributed by atoms with E-state index in [2.05, 4.69) is 12.4 Å². The standard InChI is InChI=1S/C8H15NO2/c1-7-6-8(9-11-7)2-4-10-5-3-8/h7,9H,2-6H2,1H3. The van der Waals surface area contributed by atoms with E-state index in [1.165, 1.54) is 0 Å². The summed E-state index contributed by atoms with van der Waals surface area (Å²) in [4.78, 5) is 5.34. The average molecular weight is 157 g/mol. The lowest BCUT2D eigenvalue weighted by atomic mass is 9.87. The number of nitrogens with one attached hydrogen (secondary N) is 1. The molecule has 1 atom stereocenters. The topological polar surface area (TPSA) is 30.5 Å². The average Bonchev–Trinajstić information content (AvgIpc) is 2.34. The molecule has 0 aromatic heterocycles. The number of hydroxylamine groups is 1. The van der Waals surface area contributed by atoms with Crippen LogP contribution in [0.25, 0.3) is 0 Å². The van der Waals surface area contributed by atoms with Crippen LogP contribution in [0.3, 0.4) is 0 Å². The van der Waals surface area contributed by atoms with E-state index in [-0.39, 0.29) is 5.54 Å². The number of ether oxygens (including phenoxy) is 1. The Bertz CT molecular complexity index is 138. The van der Waals surface area contributed by atoms with Crippen molar-refractivity contribution in [3.05, 3.63) is 0 Å². The molecule has 2 aliphatic rings. The fourth-order valence-corrected chi connectivity index (χ4v) is 1.93. The van der Waals surface area contributed by atoms with Crippen molar-refractivity contribution in [3.63, 3.8) is 0 Å². The summed E-state index contributed by atoms with van der Waals surface area (Å²) in [5, 5.41) is 0. The monoisotopic (exact) mass is 157 g/mol. The molecule has 2 saturated heterocycles. The van der Waals surface area contributed by atoms with Gasteiger partial charge in [-0.2, -0.15) is 5.48 Å². The summed E-state index contributed by atoms with van der Waals surface area (Å²) in [5.41, 5.74) is 3.39. The van der Waals surface area contributed by atoms with E-state index in [0.29, 0.717) is 6.10 Å². The molecule has 2 aliphatic heterocycles. The smallest absolute Gasteiger partial charge is 0.0781 e. The second-order valence-electron chi connectivity index (χ2n) is 3.63. The molecule has 1 spiro atoms. The van der Waals surface area contributed by atoms with Crippen molar-refractivity contribution in [1.29, 1.82) is 0 Å². The molecule has 2 rings (SSSR count). The van der Waals surface area contributed by atoms with Gasteiger partial charge in [0.15, 0.2) is 0 Å². The first-order chi connectivity index (χ1) is 5.31. The third kappa shape index (κ3) is 1.41. The Kier molecular flexibility index (Phi) is 1.87. The predicted molar refractivity (Wildman–Crippen MR) is 41.1 cm³/mol. The molecule has 64 valence electrons. The Labute approximate surface area is 67.0 Å². The summed E-state index contributed by atoms with van der Waals surface area (Å²) in [7, 11) is 0. The van der Waals surface area contributed by atoms with Crippen molar-refractivity contribution in [2.45, 2.75) is 37.8 Å². The molecule has 0 bridgehead atoms. The van der Waals surface area contributed by atoms with E-state index >= 15 is 0 Å². The molecule has 3 nitrogen and oxygen atoms in total. The van der Waals surface area contributed by atoms with Gasteiger partial charge >= 0.3 is 0 Å². The summed E-state index contributed by atoms with van der Waals surface area (Å²) in [5.74, 6) is 0. The zero-order valence-corrected chi connectivity index (χ0v) is 6.93. The maximum absolute atomic E-state index is 5.34. The summed E-state index contributed by atoms with van der Waals surface area (Å²) in [6.07, 6.45) is 3.69. The molecular formula is C8H15NO2. The number of rotatable bonds is 0. The molecule has 0 aliphatic carbocycles. The molecule has 2 fully saturated rings. The van der Waals surface area contributed by atoms with E-state index in [0.717, 1.165) is 32.5 Å². The van der Waals surface area contributed by atoms with Gasteiger partial charge in [-0.3, -0.25) is 4.84 Å². The first kappa shape index (κ1) is 7.53. The molecule has 0 amide bonds. The van der Waals surface area contributed by atoms with Gasteiger partial charge < -0.3 is 4.74 Å². The summed E-state index contributed by atoms with van der Waals surface area (Å²) >= 11 is 0. The largest absolute Gasteiger partial charge is 0.381 e. The highest BCUT2D eigenvalue weighted by Gasteiger charge is 2.39. The van der Waals surface area contributed by atoms with Crippen molar-refractivity contribution >= 4 is 0 Å². The Balaban J connectivity index is 1.98. The van der Waals surface area contributed by atoms with Gasteiger partial charge in [0.05, 0.1) is 11.6 Å². The highest BCUT2D eigenvalue weighted by Crippen LogP contribution is 2.30. The van der Waals surface area contributed by atoms with Gasteiger partial charge in [0, 0.05) is 13.2 Å². The van der Waals surface area contributed by atoms with Crippen LogP contribution in [0.5, 0.6) is 0 Å². The minimum absolute atomic E-state index is 0.248. The Morgan fingerprint density at radius 2 is 2.09 bits per heavy atom. The van der Waals surface area contributed by atoms with E-state index in [1.54, 1.807) is 0 Å². The maximum Gasteiger partial charge on any atom is 0.0781 e. The molecule has 2 heterocycles. The van der Waals surface area contributed by atoms with Crippen LogP contribution < -0.4 is 5.48 Å². The molecule has 1 unspecified atom stereocenters. The van der Waals surface area contributed by atoms with E-state index in [1.807, 2.05) is 0 Å². The third-order valence-electron chi connectivity index (χ3n) is 2.60. The van der Waals surface area contributed by atoms with Gasteiger partial charge in [0.1, 0.15) is 0 Å². The van der Waals surface area contributed by atoms with Crippen LogP contribution in [0.1, 0.15) is 26.2 Å². The molecule has 0 radical (unpaired) electrons. The fourth-order valence-electron chi connectivity index (χ4n) is 1.93. The lowest BCUT2D eigenvalue weighted by Gasteiger charge is -2.31. The van der Waals surface area contributed by atoms with Crippen molar-refractivity contribution in [2.24, 2.45) is 0 Å². The van der Waals surface area contributed by atoms with Gasteiger partial charge in [-0.15, -0.1) is 0 Å². The van der Waals surface area contributed by atoms with Crippen molar-refractivity contribution in [3.8, 4) is 0 Å². The number of hydrogen-bond acceptors (Lipinski definition) is 3. The molecule has 11 heavy (non-hydrogen) atoms. The van der Waals surface area contributed by atoms with Crippen LogP contribution in [0, 0.1) is 0 Å². The highest BCUT2D eigenvalue weighted by atomic mass is 16.7. The Morgan fingerprint density at radius 3 is 2.64 bits per heavy atom. The first-order valence-corrected chi connectivity index (χ1v) is 4.31. The second kappa shape index (κ2) is 2.73. The first-order valence-electron chi connectivity index (χ1n) is 4.31. The normalized spacial score (nSPS) is 36.3. The SMILES string of the molecule is CC1CC2(CCOCC2)NO1. The molecule has 1 N–H and O–H groups in total. The summed E-state index contributed by atoms with van der Waals surface area (Å²) in [6, 6.07) is 0. The van der Waals surface area contributed by atoms with Crippen LogP contribution in [0.4, 0.5) is 0 Å². The predicted octanol–water partition coefficient (Wildman–Crippen LogP) is 0.849. The van der Waals surface area contributed by atoms with Crippen LogP contribution >= 0.6 is 0 Å². The molecule has 0 aromatic carbocycles. The third-order valence-corrected chi connectivity index (χ3v) is 2.60. The fraction of sp³-hybridized carbons (Fsp3) is 1.00. The lowest BCUT2D eigenvalue weighted by Crippen LogP contribution is -2.44. The van der Waals surface area contributed by atoms with Gasteiger partial charge in [-0.25, -0.2) is 0 Å². The van der Waals surface area contributed by atoms with Gasteiger partial charge in [0.2, 0.25) is 0 Å². The molecule has 3 heteroatoms. The van der Waals surface area contributed by atoms with E-state index < -0.39 is 0 Å². The van der Waals surface area contributed by atoms with Crippen molar-refractivity contribution in [1.82, 2.24) is 5.48 Å². The zero-order valence-electron chi connectivity index (χ0n) is 6.93. The lowest BCUT2D eigenvalue weighted by molar-refractivity contribution is -0.0185. The van der Waals surface area contributed by atoms with Crippen LogP contribution in [0.15, 0.2) is 0 Å². The van der Waals surface area contributed by atoms with Crippen LogP contribution in [-0.2, 0) is 9.57 Å². The zero-order chi connectivity index (χ0) is 7.73. The van der Waals surface area contributed by atoms with Gasteiger partial charge in [0.25, 0.3) is 0 Å². The second-order valence-corrected chi connectivity index (χ2v) is 3.63. The van der Waals surface area contributed by atoms with Gasteiger partial charge in [-0.05, 0) is 26.2 Å². The Hall–Kier alpha value is -0.120. The molecule has 0 saturated carbocycles. The minimum atomic E-state index is 0.248. The van der Waals surface area contributed by atoms with Crippen LogP contribution in [0.2, 0.25) is 0 Å². The Morgan fingerprint density at radius 1 is 1.36 bits per heavy atom. The van der Waals surface area contributed by atoms with E-state index in [4.69, 9.17) is 9.57 Å². The maximum atomic E-state index is 5.34. The number of hydrogen-bond donors (Lipinski definition) is 1. The quantitative estimate of drug-likeness (QED) is 0.565. The highest BCUT2D eigenvalue weighted by molar-refractivity contribution is 4.92. The molecule has 0 aromatic rings. The summed E-state index contributed by atoms with van der Waals surface area (Å²) in [6.45, 7) is 3.86. The van der Waals surface area contributed by atoms with Gasteiger partial charge in [-0.1, -0.05) is 0 Å². The summed E-state index contributed by atoms with van der Waals surface area (Å²) < 4.78 is 5.30.